The Morgan fingerprint density at radius 2 is 2.29 bits per heavy atom. The van der Waals surface area contributed by atoms with Gasteiger partial charge >= 0.3 is 0 Å². The molecule has 0 saturated carbocycles. The number of anilines is 1. The van der Waals surface area contributed by atoms with E-state index in [0.717, 1.165) is 4.60 Å². The topological polar surface area (TPSA) is 76.7 Å². The van der Waals surface area contributed by atoms with Gasteiger partial charge in [-0.1, -0.05) is 5.16 Å². The molecule has 72 valence electrons. The molecule has 0 unspecified atom stereocenters. The van der Waals surface area contributed by atoms with Crippen LogP contribution < -0.4 is 5.32 Å². The molecule has 0 aliphatic carbocycles. The summed E-state index contributed by atoms with van der Waals surface area (Å²) in [6, 6.07) is 1.76. The van der Waals surface area contributed by atoms with Crippen molar-refractivity contribution in [1.82, 2.24) is 20.1 Å². The lowest BCUT2D eigenvalue weighted by Crippen LogP contribution is -2.02. The second kappa shape index (κ2) is 4.14. The van der Waals surface area contributed by atoms with E-state index in [9.17, 15) is 0 Å². The van der Waals surface area contributed by atoms with Crippen molar-refractivity contribution in [3.63, 3.8) is 0 Å². The Balaban J connectivity index is 1.98. The van der Waals surface area contributed by atoms with Crippen molar-refractivity contribution in [2.24, 2.45) is 0 Å². The lowest BCUT2D eigenvalue weighted by molar-refractivity contribution is 0.411. The second-order valence-corrected chi connectivity index (χ2v) is 3.24. The second-order valence-electron chi connectivity index (χ2n) is 2.43. The third-order valence-corrected chi connectivity index (χ3v) is 1.90. The predicted molar refractivity (Wildman–Crippen MR) is 51.4 cm³/mol. The van der Waals surface area contributed by atoms with Crippen molar-refractivity contribution in [3.05, 3.63) is 29.2 Å². The summed E-state index contributed by atoms with van der Waals surface area (Å²) in [6.45, 7) is 0.472. The minimum absolute atomic E-state index is 0.472. The molecule has 0 amide bonds. The van der Waals surface area contributed by atoms with Crippen molar-refractivity contribution >= 4 is 21.7 Å². The molecule has 7 heteroatoms. The average Bonchev–Trinajstić information content (AvgIpc) is 2.67. The van der Waals surface area contributed by atoms with Gasteiger partial charge in [0.1, 0.15) is 16.7 Å². The van der Waals surface area contributed by atoms with Gasteiger partial charge in [-0.2, -0.15) is 4.98 Å². The highest BCUT2D eigenvalue weighted by atomic mass is 79.9. The average molecular weight is 256 g/mol. The summed E-state index contributed by atoms with van der Waals surface area (Å²) in [6.07, 6.45) is 2.75. The van der Waals surface area contributed by atoms with Gasteiger partial charge < -0.3 is 9.84 Å². The first-order valence-electron chi connectivity index (χ1n) is 3.81. The Morgan fingerprint density at radius 1 is 1.36 bits per heavy atom. The van der Waals surface area contributed by atoms with E-state index in [-0.39, 0.29) is 0 Å². The largest absolute Gasteiger partial charge is 0.363 e. The highest BCUT2D eigenvalue weighted by molar-refractivity contribution is 9.10. The van der Waals surface area contributed by atoms with E-state index in [2.05, 4.69) is 45.9 Å². The van der Waals surface area contributed by atoms with Crippen molar-refractivity contribution in [2.45, 2.75) is 6.54 Å². The maximum absolute atomic E-state index is 4.58. The molecule has 2 aromatic heterocycles. The van der Waals surface area contributed by atoms with Crippen LogP contribution in [0.5, 0.6) is 0 Å². The van der Waals surface area contributed by atoms with E-state index in [4.69, 9.17) is 0 Å². The summed E-state index contributed by atoms with van der Waals surface area (Å²) in [7, 11) is 0. The third kappa shape index (κ3) is 2.25. The highest BCUT2D eigenvalue weighted by Gasteiger charge is 1.99. The Labute approximate surface area is 87.9 Å². The molecule has 0 bridgehead atoms. The van der Waals surface area contributed by atoms with E-state index in [1.54, 1.807) is 6.07 Å². The van der Waals surface area contributed by atoms with Crippen LogP contribution in [0.2, 0.25) is 0 Å². The molecule has 2 heterocycles. The summed E-state index contributed by atoms with van der Waals surface area (Å²) < 4.78 is 5.31. The maximum Gasteiger partial charge on any atom is 0.213 e. The number of rotatable bonds is 3. The highest BCUT2D eigenvalue weighted by Crippen LogP contribution is 2.09. The zero-order valence-electron chi connectivity index (χ0n) is 7.01. The first kappa shape index (κ1) is 9.07. The Bertz CT molecular complexity index is 404. The fourth-order valence-corrected chi connectivity index (χ4v) is 1.18. The smallest absolute Gasteiger partial charge is 0.213 e. The monoisotopic (exact) mass is 255 g/mol. The van der Waals surface area contributed by atoms with E-state index in [0.29, 0.717) is 18.2 Å². The van der Waals surface area contributed by atoms with Crippen LogP contribution in [0.25, 0.3) is 0 Å². The van der Waals surface area contributed by atoms with Crippen molar-refractivity contribution < 1.29 is 4.52 Å². The SMILES string of the molecule is Brc1cc(NCc2ncon2)ncn1. The summed E-state index contributed by atoms with van der Waals surface area (Å²) in [5.74, 6) is 1.29. The molecule has 0 aliphatic rings. The quantitative estimate of drug-likeness (QED) is 0.832. The Kier molecular flexibility index (Phi) is 2.68. The molecule has 0 atom stereocenters. The summed E-state index contributed by atoms with van der Waals surface area (Å²) in [5.41, 5.74) is 0. The normalized spacial score (nSPS) is 10.1. The number of aromatic nitrogens is 4. The first-order chi connectivity index (χ1) is 6.84. The van der Waals surface area contributed by atoms with Gasteiger partial charge in [0.25, 0.3) is 0 Å². The molecule has 2 aromatic rings. The molecule has 0 fully saturated rings. The van der Waals surface area contributed by atoms with Crippen LogP contribution in [-0.4, -0.2) is 20.1 Å². The van der Waals surface area contributed by atoms with Gasteiger partial charge in [-0.05, 0) is 15.9 Å². The maximum atomic E-state index is 4.58. The molecule has 2 rings (SSSR count). The molecule has 14 heavy (non-hydrogen) atoms. The van der Waals surface area contributed by atoms with Crippen LogP contribution in [0.4, 0.5) is 5.82 Å². The van der Waals surface area contributed by atoms with Crippen LogP contribution in [0.3, 0.4) is 0 Å². The van der Waals surface area contributed by atoms with E-state index < -0.39 is 0 Å². The lowest BCUT2D eigenvalue weighted by atomic mass is 10.5. The van der Waals surface area contributed by atoms with E-state index >= 15 is 0 Å². The number of halogens is 1. The molecule has 0 aliphatic heterocycles. The van der Waals surface area contributed by atoms with Crippen LogP contribution in [0.15, 0.2) is 27.9 Å². The summed E-state index contributed by atoms with van der Waals surface area (Å²) >= 11 is 3.24. The lowest BCUT2D eigenvalue weighted by Gasteiger charge is -2.01. The van der Waals surface area contributed by atoms with Crippen molar-refractivity contribution in [3.8, 4) is 0 Å². The van der Waals surface area contributed by atoms with Gasteiger partial charge in [0, 0.05) is 6.07 Å². The van der Waals surface area contributed by atoms with Gasteiger partial charge in [-0.15, -0.1) is 0 Å². The molecule has 0 radical (unpaired) electrons. The Hall–Kier alpha value is -1.50. The molecule has 0 aromatic carbocycles. The first-order valence-corrected chi connectivity index (χ1v) is 4.60. The molecular weight excluding hydrogens is 250 g/mol. The fraction of sp³-hybridized carbons (Fsp3) is 0.143. The molecular formula is C7H6BrN5O. The molecule has 6 nitrogen and oxygen atoms in total. The van der Waals surface area contributed by atoms with Gasteiger partial charge in [-0.25, -0.2) is 9.97 Å². The van der Waals surface area contributed by atoms with Gasteiger partial charge in [-0.3, -0.25) is 0 Å². The summed E-state index contributed by atoms with van der Waals surface area (Å²) in [4.78, 5) is 11.8. The molecule has 0 saturated heterocycles. The van der Waals surface area contributed by atoms with Crippen LogP contribution in [0.1, 0.15) is 5.82 Å². The number of nitrogens with one attached hydrogen (secondary N) is 1. The zero-order valence-corrected chi connectivity index (χ0v) is 8.60. The van der Waals surface area contributed by atoms with E-state index in [1.807, 2.05) is 0 Å². The molecule has 1 N–H and O–H groups in total. The molecule has 0 spiro atoms. The number of hydrogen-bond acceptors (Lipinski definition) is 6. The van der Waals surface area contributed by atoms with Crippen LogP contribution >= 0.6 is 15.9 Å². The standard InChI is InChI=1S/C7H6BrN5O/c8-5-1-6(11-3-10-5)9-2-7-12-4-14-13-7/h1,3-4H,2H2,(H,9,10,11). The summed E-state index contributed by atoms with van der Waals surface area (Å²) in [5, 5.41) is 6.67. The predicted octanol–water partition coefficient (Wildman–Crippen LogP) is 1.23. The number of nitrogens with zero attached hydrogens (tertiary/aromatic N) is 4. The van der Waals surface area contributed by atoms with E-state index in [1.165, 1.54) is 12.7 Å². The van der Waals surface area contributed by atoms with Crippen LogP contribution in [0, 0.1) is 0 Å². The fourth-order valence-electron chi connectivity index (χ4n) is 0.870. The zero-order chi connectivity index (χ0) is 9.80. The van der Waals surface area contributed by atoms with Crippen molar-refractivity contribution in [2.75, 3.05) is 5.32 Å². The third-order valence-electron chi connectivity index (χ3n) is 1.47. The Morgan fingerprint density at radius 3 is 3.00 bits per heavy atom. The van der Waals surface area contributed by atoms with Gasteiger partial charge in [0.05, 0.1) is 6.54 Å². The van der Waals surface area contributed by atoms with Gasteiger partial charge in [0.15, 0.2) is 5.82 Å². The minimum atomic E-state index is 0.472. The minimum Gasteiger partial charge on any atom is -0.363 e. The number of hydrogen-bond donors (Lipinski definition) is 1. The van der Waals surface area contributed by atoms with Crippen LogP contribution in [-0.2, 0) is 6.54 Å². The van der Waals surface area contributed by atoms with Crippen molar-refractivity contribution in [1.29, 1.82) is 0 Å². The van der Waals surface area contributed by atoms with Gasteiger partial charge in [0.2, 0.25) is 6.39 Å².